The van der Waals surface area contributed by atoms with Gasteiger partial charge < -0.3 is 19.8 Å². The number of aliphatic hydroxyl groups is 1. The monoisotopic (exact) mass is 243 g/mol. The summed E-state index contributed by atoms with van der Waals surface area (Å²) in [6, 6.07) is -0.922. The third kappa shape index (κ3) is 2.28. The minimum atomic E-state index is -1.07. The summed E-state index contributed by atoms with van der Waals surface area (Å²) in [5, 5.41) is 18.5. The van der Waals surface area contributed by atoms with Crippen molar-refractivity contribution in [3.05, 3.63) is 0 Å². The van der Waals surface area contributed by atoms with Crippen LogP contribution in [0.25, 0.3) is 0 Å². The number of hydrogen-bond donors (Lipinski definition) is 2. The van der Waals surface area contributed by atoms with Crippen molar-refractivity contribution >= 4 is 11.9 Å². The van der Waals surface area contributed by atoms with Crippen LogP contribution in [0.3, 0.4) is 0 Å². The lowest BCUT2D eigenvalue weighted by atomic mass is 10.0. The molecule has 2 N–H and O–H groups in total. The Labute approximate surface area is 99.2 Å². The standard InChI is InChI=1S/C11H17NO5/c1-6-2-3-17-9(6)10(14)12-5-7(13)4-8(12)11(15)16/h6-9,13H,2-5H2,1H3,(H,15,16)/t6?,7-,8-,9?/m0/s1. The molecule has 1 amide bonds. The topological polar surface area (TPSA) is 87.1 Å². The maximum absolute atomic E-state index is 12.1. The van der Waals surface area contributed by atoms with Crippen LogP contribution in [0.4, 0.5) is 0 Å². The van der Waals surface area contributed by atoms with Crippen LogP contribution in [-0.4, -0.2) is 58.4 Å². The average Bonchev–Trinajstić information content (AvgIpc) is 2.83. The molecule has 96 valence electrons. The van der Waals surface area contributed by atoms with Gasteiger partial charge in [-0.1, -0.05) is 6.92 Å². The molecule has 6 heteroatoms. The number of carbonyl (C=O) groups excluding carboxylic acids is 1. The van der Waals surface area contributed by atoms with Crippen molar-refractivity contribution < 1.29 is 24.5 Å². The second-order valence-corrected chi connectivity index (χ2v) is 4.79. The number of carboxylic acid groups (broad SMARTS) is 1. The summed E-state index contributed by atoms with van der Waals surface area (Å²) < 4.78 is 5.34. The summed E-state index contributed by atoms with van der Waals surface area (Å²) in [4.78, 5) is 24.4. The average molecular weight is 243 g/mol. The van der Waals surface area contributed by atoms with Crippen molar-refractivity contribution in [1.82, 2.24) is 4.90 Å². The number of hydrogen-bond acceptors (Lipinski definition) is 4. The quantitative estimate of drug-likeness (QED) is 0.680. The number of likely N-dealkylation sites (tertiary alicyclic amines) is 1. The highest BCUT2D eigenvalue weighted by Gasteiger charge is 2.43. The molecule has 4 atom stereocenters. The SMILES string of the molecule is CC1CCOC1C(=O)N1C[C@@H](O)C[C@H]1C(=O)O. The van der Waals surface area contributed by atoms with Gasteiger partial charge >= 0.3 is 5.97 Å². The molecule has 2 rings (SSSR count). The van der Waals surface area contributed by atoms with Gasteiger partial charge in [-0.3, -0.25) is 4.79 Å². The molecule has 17 heavy (non-hydrogen) atoms. The highest BCUT2D eigenvalue weighted by atomic mass is 16.5. The third-order valence-corrected chi connectivity index (χ3v) is 3.48. The first kappa shape index (κ1) is 12.3. The Morgan fingerprint density at radius 1 is 1.41 bits per heavy atom. The number of carboxylic acids is 1. The molecule has 2 saturated heterocycles. The molecule has 0 saturated carbocycles. The highest BCUT2D eigenvalue weighted by Crippen LogP contribution is 2.26. The highest BCUT2D eigenvalue weighted by molar-refractivity contribution is 5.87. The molecule has 0 bridgehead atoms. The van der Waals surface area contributed by atoms with Crippen molar-refractivity contribution in [3.8, 4) is 0 Å². The maximum atomic E-state index is 12.1. The Kier molecular flexibility index (Phi) is 3.35. The Bertz CT molecular complexity index is 332. The van der Waals surface area contributed by atoms with Gasteiger partial charge in [0.2, 0.25) is 0 Å². The Morgan fingerprint density at radius 2 is 2.12 bits per heavy atom. The predicted octanol–water partition coefficient (Wildman–Crippen LogP) is -0.542. The van der Waals surface area contributed by atoms with Crippen molar-refractivity contribution in [2.45, 2.75) is 38.0 Å². The van der Waals surface area contributed by atoms with Crippen LogP contribution in [0.15, 0.2) is 0 Å². The zero-order chi connectivity index (χ0) is 12.6. The number of carbonyl (C=O) groups is 2. The molecule has 2 unspecified atom stereocenters. The number of β-amino-alcohol motifs (C(OH)–C–C–N with tert-alkyl or cyclic N) is 1. The fourth-order valence-corrected chi connectivity index (χ4v) is 2.47. The first-order valence-electron chi connectivity index (χ1n) is 5.83. The van der Waals surface area contributed by atoms with E-state index in [1.54, 1.807) is 0 Å². The molecule has 6 nitrogen and oxygen atoms in total. The smallest absolute Gasteiger partial charge is 0.326 e. The van der Waals surface area contributed by atoms with Crippen LogP contribution in [0.5, 0.6) is 0 Å². The van der Waals surface area contributed by atoms with Crippen molar-refractivity contribution in [1.29, 1.82) is 0 Å². The second-order valence-electron chi connectivity index (χ2n) is 4.79. The number of rotatable bonds is 2. The lowest BCUT2D eigenvalue weighted by Gasteiger charge is -2.25. The first-order chi connectivity index (χ1) is 8.00. The lowest BCUT2D eigenvalue weighted by molar-refractivity contribution is -0.153. The first-order valence-corrected chi connectivity index (χ1v) is 5.83. The third-order valence-electron chi connectivity index (χ3n) is 3.48. The molecule has 2 heterocycles. The zero-order valence-electron chi connectivity index (χ0n) is 9.70. The normalized spacial score (nSPS) is 37.4. The van der Waals surface area contributed by atoms with Gasteiger partial charge in [0, 0.05) is 19.6 Å². The zero-order valence-corrected chi connectivity index (χ0v) is 9.70. The van der Waals surface area contributed by atoms with Crippen LogP contribution >= 0.6 is 0 Å². The van der Waals surface area contributed by atoms with Crippen molar-refractivity contribution in [3.63, 3.8) is 0 Å². The molecular formula is C11H17NO5. The summed E-state index contributed by atoms with van der Waals surface area (Å²) in [6.07, 6.45) is -0.397. The van der Waals surface area contributed by atoms with Crippen molar-refractivity contribution in [2.24, 2.45) is 5.92 Å². The molecule has 2 aliphatic heterocycles. The van der Waals surface area contributed by atoms with E-state index in [2.05, 4.69) is 0 Å². The van der Waals surface area contributed by atoms with Gasteiger partial charge in [-0.15, -0.1) is 0 Å². The molecule has 0 radical (unpaired) electrons. The van der Waals surface area contributed by atoms with E-state index in [0.29, 0.717) is 6.61 Å². The van der Waals surface area contributed by atoms with Crippen molar-refractivity contribution in [2.75, 3.05) is 13.2 Å². The molecule has 2 fully saturated rings. The molecule has 0 aliphatic carbocycles. The molecular weight excluding hydrogens is 226 g/mol. The molecule has 0 aromatic rings. The van der Waals surface area contributed by atoms with Gasteiger partial charge in [0.05, 0.1) is 6.10 Å². The van der Waals surface area contributed by atoms with E-state index in [9.17, 15) is 14.7 Å². The van der Waals surface area contributed by atoms with Gasteiger partial charge in [-0.05, 0) is 12.3 Å². The van der Waals surface area contributed by atoms with Crippen LogP contribution in [0.2, 0.25) is 0 Å². The fourth-order valence-electron chi connectivity index (χ4n) is 2.47. The molecule has 0 aromatic carbocycles. The Morgan fingerprint density at radius 3 is 2.65 bits per heavy atom. The van der Waals surface area contributed by atoms with Crippen LogP contribution < -0.4 is 0 Å². The summed E-state index contributed by atoms with van der Waals surface area (Å²) in [6.45, 7) is 2.53. The summed E-state index contributed by atoms with van der Waals surface area (Å²) in [7, 11) is 0. The van der Waals surface area contributed by atoms with Gasteiger partial charge in [-0.25, -0.2) is 4.79 Å². The van der Waals surface area contributed by atoms with E-state index >= 15 is 0 Å². The number of aliphatic hydroxyl groups excluding tert-OH is 1. The molecule has 0 aromatic heterocycles. The van der Waals surface area contributed by atoms with E-state index in [4.69, 9.17) is 9.84 Å². The molecule has 0 spiro atoms. The van der Waals surface area contributed by atoms with E-state index < -0.39 is 24.2 Å². The van der Waals surface area contributed by atoms with Gasteiger partial charge in [0.25, 0.3) is 5.91 Å². The van der Waals surface area contributed by atoms with E-state index in [-0.39, 0.29) is 24.8 Å². The number of ether oxygens (including phenoxy) is 1. The summed E-state index contributed by atoms with van der Waals surface area (Å²) >= 11 is 0. The second kappa shape index (κ2) is 4.62. The Balaban J connectivity index is 2.10. The van der Waals surface area contributed by atoms with Gasteiger partial charge in [0.15, 0.2) is 0 Å². The van der Waals surface area contributed by atoms with E-state index in [1.807, 2.05) is 6.92 Å². The minimum Gasteiger partial charge on any atom is -0.480 e. The van der Waals surface area contributed by atoms with Crippen LogP contribution in [-0.2, 0) is 14.3 Å². The van der Waals surface area contributed by atoms with Crippen LogP contribution in [0, 0.1) is 5.92 Å². The largest absolute Gasteiger partial charge is 0.480 e. The van der Waals surface area contributed by atoms with Gasteiger partial charge in [-0.2, -0.15) is 0 Å². The predicted molar refractivity (Wildman–Crippen MR) is 57.3 cm³/mol. The fraction of sp³-hybridized carbons (Fsp3) is 0.818. The van der Waals surface area contributed by atoms with Crippen LogP contribution in [0.1, 0.15) is 19.8 Å². The minimum absolute atomic E-state index is 0.0857. The lowest BCUT2D eigenvalue weighted by Crippen LogP contribution is -2.46. The molecule has 2 aliphatic rings. The number of aliphatic carboxylic acids is 1. The number of amides is 1. The summed E-state index contributed by atoms with van der Waals surface area (Å²) in [5.41, 5.74) is 0. The maximum Gasteiger partial charge on any atom is 0.326 e. The van der Waals surface area contributed by atoms with E-state index in [1.165, 1.54) is 4.90 Å². The van der Waals surface area contributed by atoms with Gasteiger partial charge in [0.1, 0.15) is 12.1 Å². The summed E-state index contributed by atoms with van der Waals surface area (Å²) in [5.74, 6) is -1.27. The van der Waals surface area contributed by atoms with E-state index in [0.717, 1.165) is 6.42 Å². The Hall–Kier alpha value is -1.14. The number of nitrogens with zero attached hydrogens (tertiary/aromatic N) is 1.